The number of benzene rings is 2. The highest BCUT2D eigenvalue weighted by Crippen LogP contribution is 2.38. The molecule has 1 aliphatic heterocycles. The van der Waals surface area contributed by atoms with E-state index >= 15 is 0 Å². The summed E-state index contributed by atoms with van der Waals surface area (Å²) in [6.45, 7) is 7.49. The normalized spacial score (nSPS) is 15.1. The Morgan fingerprint density at radius 2 is 1.81 bits per heavy atom. The van der Waals surface area contributed by atoms with E-state index in [4.69, 9.17) is 38.0 Å². The Kier molecular flexibility index (Phi) is 8.09. The Hall–Kier alpha value is -2.22. The zero-order valence-corrected chi connectivity index (χ0v) is 20.9. The zero-order chi connectivity index (χ0) is 23.3. The summed E-state index contributed by atoms with van der Waals surface area (Å²) in [6.07, 6.45) is 2.40. The number of nitrogens with one attached hydrogen (secondary N) is 1. The molecule has 1 amide bonds. The maximum absolute atomic E-state index is 11.9. The molecule has 0 aliphatic carbocycles. The highest BCUT2D eigenvalue weighted by atomic mass is 35.5. The summed E-state index contributed by atoms with van der Waals surface area (Å²) < 4.78 is 17.5. The van der Waals surface area contributed by atoms with Gasteiger partial charge in [0.05, 0.1) is 30.3 Å². The lowest BCUT2D eigenvalue weighted by Gasteiger charge is -2.19. The van der Waals surface area contributed by atoms with Crippen molar-refractivity contribution in [2.45, 2.75) is 32.6 Å². The van der Waals surface area contributed by atoms with Gasteiger partial charge in [-0.05, 0) is 46.9 Å². The first kappa shape index (κ1) is 24.4. The van der Waals surface area contributed by atoms with Gasteiger partial charge in [0.2, 0.25) is 0 Å². The van der Waals surface area contributed by atoms with Gasteiger partial charge in [0.1, 0.15) is 10.1 Å². The summed E-state index contributed by atoms with van der Waals surface area (Å²) in [6, 6.07) is 11.7. The first-order valence-corrected chi connectivity index (χ1v) is 11.8. The summed E-state index contributed by atoms with van der Waals surface area (Å²) in [4.78, 5) is 12.4. The molecule has 1 N–H and O–H groups in total. The van der Waals surface area contributed by atoms with Crippen LogP contribution in [0.2, 0.25) is 5.02 Å². The summed E-state index contributed by atoms with van der Waals surface area (Å²) in [5.74, 6) is 1.57. The van der Waals surface area contributed by atoms with Crippen molar-refractivity contribution in [3.05, 3.63) is 57.5 Å². The molecule has 5 nitrogen and oxygen atoms in total. The van der Waals surface area contributed by atoms with Crippen LogP contribution < -0.4 is 19.5 Å². The van der Waals surface area contributed by atoms with Gasteiger partial charge in [-0.25, -0.2) is 0 Å². The van der Waals surface area contributed by atoms with Crippen LogP contribution in [0.4, 0.5) is 0 Å². The molecule has 0 aromatic heterocycles. The van der Waals surface area contributed by atoms with Gasteiger partial charge >= 0.3 is 0 Å². The van der Waals surface area contributed by atoms with E-state index in [1.807, 2.05) is 12.1 Å². The van der Waals surface area contributed by atoms with Crippen molar-refractivity contribution >= 4 is 51.9 Å². The fourth-order valence-electron chi connectivity index (χ4n) is 3.01. The molecule has 0 radical (unpaired) electrons. The standard InChI is InChI=1S/C24H26ClNO4S2/c1-24(2,3)16-6-8-17(9-7-16)29-10-5-11-30-21-18(25)12-15(13-19(21)28-4)14-20-22(27)26-23(31)32-20/h6-9,12-14H,5,10-11H2,1-4H3,(H,26,27,31)/b20-14+. The minimum Gasteiger partial charge on any atom is -0.493 e. The van der Waals surface area contributed by atoms with Gasteiger partial charge in [0.25, 0.3) is 5.91 Å². The molecule has 0 spiro atoms. The number of carbonyl (C=O) groups excluding carboxylic acids is 1. The van der Waals surface area contributed by atoms with Crippen molar-refractivity contribution in [2.75, 3.05) is 20.3 Å². The summed E-state index contributed by atoms with van der Waals surface area (Å²) in [7, 11) is 1.55. The molecule has 2 aromatic rings. The predicted molar refractivity (Wildman–Crippen MR) is 135 cm³/mol. The smallest absolute Gasteiger partial charge is 0.263 e. The SMILES string of the molecule is COc1cc(/C=C2/SC(=S)NC2=O)cc(Cl)c1OCCCOc1ccc(C(C)(C)C)cc1. The number of thiocarbonyl (C=S) groups is 1. The van der Waals surface area contributed by atoms with E-state index in [9.17, 15) is 4.79 Å². The molecule has 2 aromatic carbocycles. The number of hydrogen-bond donors (Lipinski definition) is 1. The molecule has 32 heavy (non-hydrogen) atoms. The lowest BCUT2D eigenvalue weighted by molar-refractivity contribution is -0.115. The van der Waals surface area contributed by atoms with Gasteiger partial charge in [-0.1, -0.05) is 68.5 Å². The van der Waals surface area contributed by atoms with Gasteiger partial charge < -0.3 is 19.5 Å². The molecule has 0 atom stereocenters. The monoisotopic (exact) mass is 491 g/mol. The molecule has 0 unspecified atom stereocenters. The van der Waals surface area contributed by atoms with Crippen LogP contribution in [0.5, 0.6) is 17.2 Å². The molecule has 1 fully saturated rings. The summed E-state index contributed by atoms with van der Waals surface area (Å²) in [5, 5.41) is 2.99. The second-order valence-corrected chi connectivity index (χ2v) is 10.3. The third-order valence-electron chi connectivity index (χ3n) is 4.72. The fraction of sp³-hybridized carbons (Fsp3) is 0.333. The van der Waals surface area contributed by atoms with Crippen molar-refractivity contribution < 1.29 is 19.0 Å². The molecule has 8 heteroatoms. The van der Waals surface area contributed by atoms with Crippen LogP contribution >= 0.6 is 35.6 Å². The maximum atomic E-state index is 11.9. The molecule has 170 valence electrons. The number of hydrogen-bond acceptors (Lipinski definition) is 6. The largest absolute Gasteiger partial charge is 0.493 e. The number of ether oxygens (including phenoxy) is 3. The topological polar surface area (TPSA) is 56.8 Å². The number of rotatable bonds is 8. The first-order chi connectivity index (χ1) is 15.2. The minimum absolute atomic E-state index is 0.117. The van der Waals surface area contributed by atoms with Crippen LogP contribution in [0.1, 0.15) is 38.3 Å². The van der Waals surface area contributed by atoms with E-state index in [0.29, 0.717) is 45.4 Å². The van der Waals surface area contributed by atoms with Crippen molar-refractivity contribution in [1.29, 1.82) is 0 Å². The molecule has 0 saturated carbocycles. The number of carbonyl (C=O) groups is 1. The van der Waals surface area contributed by atoms with Gasteiger partial charge in [-0.15, -0.1) is 0 Å². The van der Waals surface area contributed by atoms with E-state index in [1.54, 1.807) is 25.3 Å². The second kappa shape index (κ2) is 10.6. The van der Waals surface area contributed by atoms with Crippen LogP contribution in [0, 0.1) is 0 Å². The lowest BCUT2D eigenvalue weighted by atomic mass is 9.87. The molecular formula is C24H26ClNO4S2. The van der Waals surface area contributed by atoms with Crippen molar-refractivity contribution in [3.63, 3.8) is 0 Å². The predicted octanol–water partition coefficient (Wildman–Crippen LogP) is 5.98. The van der Waals surface area contributed by atoms with E-state index < -0.39 is 0 Å². The van der Waals surface area contributed by atoms with Gasteiger partial charge in [-0.2, -0.15) is 0 Å². The summed E-state index contributed by atoms with van der Waals surface area (Å²) in [5.41, 5.74) is 2.11. The fourth-order valence-corrected chi connectivity index (χ4v) is 4.33. The average Bonchev–Trinajstić information content (AvgIpc) is 3.05. The molecule has 0 bridgehead atoms. The van der Waals surface area contributed by atoms with Crippen LogP contribution in [0.25, 0.3) is 6.08 Å². The quantitative estimate of drug-likeness (QED) is 0.278. The third kappa shape index (κ3) is 6.40. The lowest BCUT2D eigenvalue weighted by Crippen LogP contribution is -2.17. The van der Waals surface area contributed by atoms with Gasteiger partial charge in [0, 0.05) is 6.42 Å². The molecule has 1 aliphatic rings. The third-order valence-corrected chi connectivity index (χ3v) is 6.16. The molecule has 3 rings (SSSR count). The zero-order valence-electron chi connectivity index (χ0n) is 18.5. The molecule has 1 saturated heterocycles. The van der Waals surface area contributed by atoms with Gasteiger partial charge in [-0.3, -0.25) is 4.79 Å². The van der Waals surface area contributed by atoms with Crippen LogP contribution in [-0.2, 0) is 10.2 Å². The molecule has 1 heterocycles. The highest BCUT2D eigenvalue weighted by Gasteiger charge is 2.22. The second-order valence-electron chi connectivity index (χ2n) is 8.21. The number of amides is 1. The van der Waals surface area contributed by atoms with E-state index in [-0.39, 0.29) is 11.3 Å². The van der Waals surface area contributed by atoms with Crippen molar-refractivity contribution in [2.24, 2.45) is 0 Å². The van der Waals surface area contributed by atoms with E-state index in [1.165, 1.54) is 17.3 Å². The van der Waals surface area contributed by atoms with Crippen LogP contribution in [0.15, 0.2) is 41.3 Å². The summed E-state index contributed by atoms with van der Waals surface area (Å²) >= 11 is 12.7. The Bertz CT molecular complexity index is 1030. The molecular weight excluding hydrogens is 466 g/mol. The average molecular weight is 492 g/mol. The number of thioether (sulfide) groups is 1. The van der Waals surface area contributed by atoms with Gasteiger partial charge in [0.15, 0.2) is 11.5 Å². The van der Waals surface area contributed by atoms with E-state index in [2.05, 4.69) is 38.2 Å². The number of methoxy groups -OCH3 is 1. The van der Waals surface area contributed by atoms with Crippen molar-refractivity contribution in [3.8, 4) is 17.2 Å². The Labute approximate surface area is 203 Å². The highest BCUT2D eigenvalue weighted by molar-refractivity contribution is 8.26. The van der Waals surface area contributed by atoms with Crippen LogP contribution in [0.3, 0.4) is 0 Å². The van der Waals surface area contributed by atoms with Crippen LogP contribution in [-0.4, -0.2) is 30.6 Å². The Morgan fingerprint density at radius 1 is 1.12 bits per heavy atom. The van der Waals surface area contributed by atoms with E-state index in [0.717, 1.165) is 11.3 Å². The van der Waals surface area contributed by atoms with Crippen molar-refractivity contribution in [1.82, 2.24) is 5.32 Å². The maximum Gasteiger partial charge on any atom is 0.263 e. The Morgan fingerprint density at radius 3 is 2.41 bits per heavy atom. The Balaban J connectivity index is 1.55. The number of halogens is 1. The minimum atomic E-state index is -0.219. The first-order valence-electron chi connectivity index (χ1n) is 10.2.